The van der Waals surface area contributed by atoms with Crippen LogP contribution < -0.4 is 10.6 Å². The van der Waals surface area contributed by atoms with Gasteiger partial charge in [0.2, 0.25) is 0 Å². The van der Waals surface area contributed by atoms with Crippen molar-refractivity contribution in [1.82, 2.24) is 0 Å². The molecule has 0 aliphatic heterocycles. The zero-order chi connectivity index (χ0) is 19.4. The Morgan fingerprint density at radius 2 is 1.67 bits per heavy atom. The summed E-state index contributed by atoms with van der Waals surface area (Å²) in [6, 6.07) is 15.2. The average molecular weight is 384 g/mol. The van der Waals surface area contributed by atoms with E-state index in [0.29, 0.717) is 16.9 Å². The lowest BCUT2D eigenvalue weighted by Crippen LogP contribution is -2.21. The van der Waals surface area contributed by atoms with Gasteiger partial charge in [-0.1, -0.05) is 18.2 Å². The molecule has 27 heavy (non-hydrogen) atoms. The van der Waals surface area contributed by atoms with E-state index < -0.39 is 21.0 Å². The van der Waals surface area contributed by atoms with Crippen molar-refractivity contribution in [3.05, 3.63) is 78.3 Å². The van der Waals surface area contributed by atoms with E-state index in [0.717, 1.165) is 0 Å². The van der Waals surface area contributed by atoms with Gasteiger partial charge in [0.25, 0.3) is 15.7 Å². The Bertz CT molecular complexity index is 1070. The van der Waals surface area contributed by atoms with Crippen molar-refractivity contribution in [2.45, 2.75) is 11.8 Å². The maximum atomic E-state index is 12.3. The van der Waals surface area contributed by atoms with Crippen LogP contribution in [0.15, 0.2) is 76.2 Å². The first-order valence-electron chi connectivity index (χ1n) is 7.94. The molecule has 0 radical (unpaired) electrons. The third kappa shape index (κ3) is 4.06. The molecule has 0 bridgehead atoms. The fourth-order valence-electron chi connectivity index (χ4n) is 2.37. The van der Waals surface area contributed by atoms with Crippen LogP contribution >= 0.6 is 0 Å². The lowest BCUT2D eigenvalue weighted by Gasteiger charge is -2.11. The topological polar surface area (TPSA) is 105 Å². The first-order chi connectivity index (χ1) is 12.9. The van der Waals surface area contributed by atoms with Gasteiger partial charge in [-0.2, -0.15) is 0 Å². The Kier molecular flexibility index (Phi) is 5.09. The van der Waals surface area contributed by atoms with Crippen molar-refractivity contribution in [3.8, 4) is 0 Å². The lowest BCUT2D eigenvalue weighted by atomic mass is 10.1. The monoisotopic (exact) mass is 384 g/mol. The second-order valence-electron chi connectivity index (χ2n) is 5.69. The van der Waals surface area contributed by atoms with Crippen LogP contribution in [0.25, 0.3) is 0 Å². The molecule has 0 spiro atoms. The maximum Gasteiger partial charge on any atom is 0.345 e. The van der Waals surface area contributed by atoms with Crippen LogP contribution in [0.4, 0.5) is 16.2 Å². The summed E-state index contributed by atoms with van der Waals surface area (Å²) < 4.78 is 29.6. The second-order valence-corrected chi connectivity index (χ2v) is 7.54. The third-order valence-electron chi connectivity index (χ3n) is 3.76. The van der Waals surface area contributed by atoms with Crippen LogP contribution in [0, 0.1) is 6.92 Å². The van der Waals surface area contributed by atoms with Gasteiger partial charge in [0.1, 0.15) is 0 Å². The number of hydrogen-bond donors (Lipinski definition) is 2. The Morgan fingerprint density at radius 3 is 2.30 bits per heavy atom. The molecule has 7 nitrogen and oxygen atoms in total. The smallest absolute Gasteiger partial charge is 0.345 e. The fraction of sp³-hybridized carbons (Fsp3) is 0.0526. The van der Waals surface area contributed by atoms with Crippen LogP contribution in [-0.2, 0) is 9.84 Å². The highest BCUT2D eigenvalue weighted by Gasteiger charge is 2.24. The Labute approximate surface area is 155 Å². The molecule has 1 aromatic heterocycles. The SMILES string of the molecule is Cc1cc(NC(=O)S(=O)(=O)c2ccccc2)ccc1NC(=O)c1ccco1. The van der Waals surface area contributed by atoms with Crippen LogP contribution in [-0.4, -0.2) is 19.6 Å². The van der Waals surface area contributed by atoms with Crippen molar-refractivity contribution in [3.63, 3.8) is 0 Å². The number of benzene rings is 2. The van der Waals surface area contributed by atoms with E-state index in [-0.39, 0.29) is 10.7 Å². The molecule has 0 fully saturated rings. The summed E-state index contributed by atoms with van der Waals surface area (Å²) in [7, 11) is -4.14. The van der Waals surface area contributed by atoms with Crippen molar-refractivity contribution in [2.24, 2.45) is 0 Å². The van der Waals surface area contributed by atoms with E-state index >= 15 is 0 Å². The van der Waals surface area contributed by atoms with E-state index in [9.17, 15) is 18.0 Å². The zero-order valence-corrected chi connectivity index (χ0v) is 15.1. The van der Waals surface area contributed by atoms with Gasteiger partial charge in [-0.15, -0.1) is 0 Å². The van der Waals surface area contributed by atoms with Crippen molar-refractivity contribution >= 4 is 32.4 Å². The number of aryl methyl sites for hydroxylation is 1. The molecule has 0 atom stereocenters. The first kappa shape index (κ1) is 18.4. The largest absolute Gasteiger partial charge is 0.459 e. The molecule has 0 unspecified atom stereocenters. The Hall–Kier alpha value is -3.39. The minimum absolute atomic E-state index is 0.0819. The summed E-state index contributed by atoms with van der Waals surface area (Å²) in [6.07, 6.45) is 1.40. The van der Waals surface area contributed by atoms with Crippen LogP contribution in [0.1, 0.15) is 16.1 Å². The van der Waals surface area contributed by atoms with E-state index in [2.05, 4.69) is 10.6 Å². The van der Waals surface area contributed by atoms with Crippen LogP contribution in [0.2, 0.25) is 0 Å². The van der Waals surface area contributed by atoms with Crippen molar-refractivity contribution in [2.75, 3.05) is 10.6 Å². The number of carbonyl (C=O) groups is 2. The average Bonchev–Trinajstić information content (AvgIpc) is 3.19. The number of nitrogens with one attached hydrogen (secondary N) is 2. The lowest BCUT2D eigenvalue weighted by molar-refractivity contribution is 0.0996. The fourth-order valence-corrected chi connectivity index (χ4v) is 3.35. The normalized spacial score (nSPS) is 11.0. The summed E-state index contributed by atoms with van der Waals surface area (Å²) in [6.45, 7) is 1.72. The van der Waals surface area contributed by atoms with E-state index in [1.165, 1.54) is 30.5 Å². The second kappa shape index (κ2) is 7.46. The molecule has 1 heterocycles. The number of sulfone groups is 1. The number of furan rings is 1. The molecule has 2 aromatic carbocycles. The molecule has 0 saturated carbocycles. The number of anilines is 2. The number of rotatable bonds is 4. The van der Waals surface area contributed by atoms with Gasteiger partial charge in [0.15, 0.2) is 5.76 Å². The molecule has 0 aliphatic rings. The van der Waals surface area contributed by atoms with Gasteiger partial charge in [-0.05, 0) is 55.0 Å². The molecule has 138 valence electrons. The predicted molar refractivity (Wildman–Crippen MR) is 100 cm³/mol. The third-order valence-corrected chi connectivity index (χ3v) is 5.25. The molecule has 3 rings (SSSR count). The minimum atomic E-state index is -4.14. The summed E-state index contributed by atoms with van der Waals surface area (Å²) in [5, 5.41) is 3.93. The molecule has 0 aliphatic carbocycles. The number of carbonyl (C=O) groups excluding carboxylic acids is 2. The molecular formula is C19H16N2O5S. The summed E-state index contributed by atoms with van der Waals surface area (Å²) in [5.74, 6) is -0.243. The van der Waals surface area contributed by atoms with Gasteiger partial charge in [-0.25, -0.2) is 8.42 Å². The highest BCUT2D eigenvalue weighted by molar-refractivity contribution is 8.06. The number of amides is 2. The molecule has 8 heteroatoms. The standard InChI is InChI=1S/C19H16N2O5S/c1-13-12-14(9-10-16(13)21-18(22)17-8-5-11-26-17)20-19(23)27(24,25)15-6-3-2-4-7-15/h2-12H,1H3,(H,20,23)(H,21,22). The van der Waals surface area contributed by atoms with E-state index in [1.54, 1.807) is 43.3 Å². The summed E-state index contributed by atoms with van der Waals surface area (Å²) >= 11 is 0. The highest BCUT2D eigenvalue weighted by Crippen LogP contribution is 2.22. The minimum Gasteiger partial charge on any atom is -0.459 e. The van der Waals surface area contributed by atoms with Gasteiger partial charge < -0.3 is 15.1 Å². The molecule has 0 saturated heterocycles. The molecule has 2 amide bonds. The molecular weight excluding hydrogens is 368 g/mol. The molecule has 3 aromatic rings. The Balaban J connectivity index is 1.74. The first-order valence-corrected chi connectivity index (χ1v) is 9.43. The predicted octanol–water partition coefficient (Wildman–Crippen LogP) is 3.85. The summed E-state index contributed by atoms with van der Waals surface area (Å²) in [5.41, 5.74) is 1.46. The van der Waals surface area contributed by atoms with Gasteiger partial charge in [0, 0.05) is 11.4 Å². The molecule has 2 N–H and O–H groups in total. The van der Waals surface area contributed by atoms with Crippen LogP contribution in [0.5, 0.6) is 0 Å². The summed E-state index contributed by atoms with van der Waals surface area (Å²) in [4.78, 5) is 24.1. The highest BCUT2D eigenvalue weighted by atomic mass is 32.2. The quantitative estimate of drug-likeness (QED) is 0.711. The van der Waals surface area contributed by atoms with Gasteiger partial charge in [-0.3, -0.25) is 9.59 Å². The van der Waals surface area contributed by atoms with Gasteiger partial charge in [0.05, 0.1) is 11.2 Å². The van der Waals surface area contributed by atoms with Crippen molar-refractivity contribution < 1.29 is 22.4 Å². The van der Waals surface area contributed by atoms with Crippen molar-refractivity contribution in [1.29, 1.82) is 0 Å². The maximum absolute atomic E-state index is 12.3. The van der Waals surface area contributed by atoms with Crippen LogP contribution in [0.3, 0.4) is 0 Å². The number of hydrogen-bond acceptors (Lipinski definition) is 5. The van der Waals surface area contributed by atoms with E-state index in [1.807, 2.05) is 0 Å². The van der Waals surface area contributed by atoms with E-state index in [4.69, 9.17) is 4.42 Å². The van der Waals surface area contributed by atoms with Gasteiger partial charge >= 0.3 is 5.24 Å². The zero-order valence-electron chi connectivity index (χ0n) is 14.3. The Morgan fingerprint density at radius 1 is 0.926 bits per heavy atom.